The molecule has 0 radical (unpaired) electrons. The number of nitrogens with one attached hydrogen (secondary N) is 2. The van der Waals surface area contributed by atoms with Crippen molar-refractivity contribution >= 4 is 41.3 Å². The molecule has 0 bridgehead atoms. The van der Waals surface area contributed by atoms with Gasteiger partial charge in [-0.3, -0.25) is 4.99 Å². The van der Waals surface area contributed by atoms with Crippen LogP contribution in [0.25, 0.3) is 0 Å². The molecule has 0 aromatic carbocycles. The highest BCUT2D eigenvalue weighted by Crippen LogP contribution is 2.16. The molecule has 1 aliphatic rings. The van der Waals surface area contributed by atoms with Crippen LogP contribution >= 0.6 is 35.3 Å². The van der Waals surface area contributed by atoms with Crippen molar-refractivity contribution in [2.45, 2.75) is 39.7 Å². The lowest BCUT2D eigenvalue weighted by Gasteiger charge is -2.20. The highest BCUT2D eigenvalue weighted by molar-refractivity contribution is 14.0. The smallest absolute Gasteiger partial charge is 0.191 e. The van der Waals surface area contributed by atoms with Crippen molar-refractivity contribution in [2.24, 2.45) is 4.99 Å². The van der Waals surface area contributed by atoms with Crippen molar-refractivity contribution in [1.82, 2.24) is 20.4 Å². The zero-order valence-electron chi connectivity index (χ0n) is 16.8. The number of aryl methyl sites for hydroxylation is 1. The van der Waals surface area contributed by atoms with Gasteiger partial charge in [-0.05, 0) is 59.5 Å². The van der Waals surface area contributed by atoms with Crippen LogP contribution in [0.1, 0.15) is 30.0 Å². The lowest BCUT2D eigenvalue weighted by atomic mass is 10.2. The molecule has 1 aromatic heterocycles. The van der Waals surface area contributed by atoms with Crippen LogP contribution in [0.4, 0.5) is 0 Å². The lowest BCUT2D eigenvalue weighted by Crippen LogP contribution is -2.43. The number of nitrogens with zero attached hydrogens (tertiary/aromatic N) is 3. The van der Waals surface area contributed by atoms with E-state index < -0.39 is 0 Å². The molecule has 2 rings (SSSR count). The van der Waals surface area contributed by atoms with Gasteiger partial charge in [0.15, 0.2) is 5.96 Å². The van der Waals surface area contributed by atoms with Gasteiger partial charge in [-0.15, -0.1) is 35.3 Å². The van der Waals surface area contributed by atoms with Crippen molar-refractivity contribution in [3.8, 4) is 0 Å². The predicted octanol–water partition coefficient (Wildman–Crippen LogP) is 2.80. The Morgan fingerprint density at radius 2 is 2.08 bits per heavy atom. The van der Waals surface area contributed by atoms with Crippen LogP contribution in [-0.4, -0.2) is 74.7 Å². The first kappa shape index (κ1) is 23.7. The molecule has 150 valence electrons. The third-order valence-electron chi connectivity index (χ3n) is 4.53. The van der Waals surface area contributed by atoms with Crippen LogP contribution in [0.2, 0.25) is 0 Å². The molecule has 1 saturated heterocycles. The van der Waals surface area contributed by atoms with E-state index in [0.717, 1.165) is 38.6 Å². The Kier molecular flexibility index (Phi) is 11.7. The molecule has 1 unspecified atom stereocenters. The molecule has 0 aliphatic carbocycles. The minimum atomic E-state index is 0. The maximum absolute atomic E-state index is 4.79. The number of aliphatic imine (C=N–C) groups is 1. The maximum Gasteiger partial charge on any atom is 0.191 e. The number of rotatable bonds is 7. The van der Waals surface area contributed by atoms with Crippen LogP contribution in [0.3, 0.4) is 0 Å². The maximum atomic E-state index is 4.79. The molecule has 1 aliphatic heterocycles. The number of hydrogen-bond donors (Lipinski definition) is 2. The Hall–Kier alpha value is -0.380. The first-order valence-electron chi connectivity index (χ1n) is 9.58. The fourth-order valence-electron chi connectivity index (χ4n) is 3.13. The highest BCUT2D eigenvalue weighted by Gasteiger charge is 2.12. The topological polar surface area (TPSA) is 42.9 Å². The van der Waals surface area contributed by atoms with E-state index in [1.165, 1.54) is 35.8 Å². The van der Waals surface area contributed by atoms with Gasteiger partial charge in [-0.1, -0.05) is 0 Å². The third kappa shape index (κ3) is 9.01. The van der Waals surface area contributed by atoms with Crippen molar-refractivity contribution in [3.05, 3.63) is 21.9 Å². The van der Waals surface area contributed by atoms with Gasteiger partial charge in [-0.2, -0.15) is 0 Å². The summed E-state index contributed by atoms with van der Waals surface area (Å²) in [5.74, 6) is 0.940. The first-order valence-corrected chi connectivity index (χ1v) is 10.4. The zero-order chi connectivity index (χ0) is 18.1. The summed E-state index contributed by atoms with van der Waals surface area (Å²) < 4.78 is 0. The number of thiophene rings is 1. The molecular weight excluding hydrogens is 457 g/mol. The first-order chi connectivity index (χ1) is 12.1. The molecule has 1 atom stereocenters. The molecule has 1 aromatic rings. The molecule has 7 heteroatoms. The van der Waals surface area contributed by atoms with Gasteiger partial charge in [-0.25, -0.2) is 0 Å². The molecule has 26 heavy (non-hydrogen) atoms. The second kappa shape index (κ2) is 12.9. The van der Waals surface area contributed by atoms with E-state index in [-0.39, 0.29) is 24.0 Å². The quantitative estimate of drug-likeness (QED) is 0.349. The monoisotopic (exact) mass is 493 g/mol. The van der Waals surface area contributed by atoms with Gasteiger partial charge in [0.05, 0.1) is 6.54 Å². The van der Waals surface area contributed by atoms with E-state index >= 15 is 0 Å². The molecule has 2 N–H and O–H groups in total. The Bertz CT molecular complexity index is 534. The summed E-state index contributed by atoms with van der Waals surface area (Å²) in [5, 5.41) is 6.93. The summed E-state index contributed by atoms with van der Waals surface area (Å²) in [5.41, 5.74) is 0. The Labute approximate surface area is 180 Å². The van der Waals surface area contributed by atoms with Gasteiger partial charge in [0.2, 0.25) is 0 Å². The Morgan fingerprint density at radius 1 is 1.27 bits per heavy atom. The van der Waals surface area contributed by atoms with Gasteiger partial charge >= 0.3 is 0 Å². The summed E-state index contributed by atoms with van der Waals surface area (Å²) in [4.78, 5) is 12.6. The van der Waals surface area contributed by atoms with Gasteiger partial charge < -0.3 is 20.4 Å². The average molecular weight is 494 g/mol. The third-order valence-corrected chi connectivity index (χ3v) is 5.55. The number of hydrogen-bond acceptors (Lipinski definition) is 4. The Balaban J connectivity index is 0.00000338. The second-order valence-corrected chi connectivity index (χ2v) is 8.39. The predicted molar refractivity (Wildman–Crippen MR) is 125 cm³/mol. The molecular formula is C19H36IN5S. The van der Waals surface area contributed by atoms with Gasteiger partial charge in [0.25, 0.3) is 0 Å². The van der Waals surface area contributed by atoms with E-state index in [2.05, 4.69) is 60.4 Å². The summed E-state index contributed by atoms with van der Waals surface area (Å²) in [6.07, 6.45) is 2.30. The van der Waals surface area contributed by atoms with Crippen LogP contribution in [-0.2, 0) is 6.42 Å². The van der Waals surface area contributed by atoms with Crippen LogP contribution in [0.15, 0.2) is 17.1 Å². The SMILES string of the molecule is CCNC(=NCCN1CCCN(C)CC1)NC(C)Cc1ccc(C)s1.I. The summed E-state index contributed by atoms with van der Waals surface area (Å²) in [6, 6.07) is 4.81. The van der Waals surface area contributed by atoms with E-state index in [0.29, 0.717) is 6.04 Å². The van der Waals surface area contributed by atoms with E-state index in [1.54, 1.807) is 0 Å². The summed E-state index contributed by atoms with van der Waals surface area (Å²) in [6.45, 7) is 14.0. The van der Waals surface area contributed by atoms with Crippen LogP contribution in [0.5, 0.6) is 0 Å². The summed E-state index contributed by atoms with van der Waals surface area (Å²) in [7, 11) is 2.21. The number of guanidine groups is 1. The second-order valence-electron chi connectivity index (χ2n) is 7.02. The van der Waals surface area contributed by atoms with Gasteiger partial charge in [0.1, 0.15) is 0 Å². The zero-order valence-corrected chi connectivity index (χ0v) is 19.9. The fourth-order valence-corrected chi connectivity index (χ4v) is 4.15. The van der Waals surface area contributed by atoms with E-state index in [9.17, 15) is 0 Å². The largest absolute Gasteiger partial charge is 0.357 e. The normalized spacial score (nSPS) is 18.1. The molecule has 0 spiro atoms. The number of halogens is 1. The van der Waals surface area contributed by atoms with Crippen LogP contribution < -0.4 is 10.6 Å². The van der Waals surface area contributed by atoms with Crippen molar-refractivity contribution in [2.75, 3.05) is 52.9 Å². The van der Waals surface area contributed by atoms with Crippen molar-refractivity contribution < 1.29 is 0 Å². The molecule has 1 fully saturated rings. The standard InChI is InChI=1S/C19H35N5S.HI/c1-5-20-19(22-16(2)15-18-8-7-17(3)25-18)21-9-12-24-11-6-10-23(4)13-14-24;/h7-8,16H,5-6,9-15H2,1-4H3,(H2,20,21,22);1H. The molecule has 5 nitrogen and oxygen atoms in total. The number of likely N-dealkylation sites (N-methyl/N-ethyl adjacent to an activating group) is 1. The lowest BCUT2D eigenvalue weighted by molar-refractivity contribution is 0.283. The van der Waals surface area contributed by atoms with Crippen LogP contribution in [0, 0.1) is 6.92 Å². The van der Waals surface area contributed by atoms with Crippen molar-refractivity contribution in [1.29, 1.82) is 0 Å². The average Bonchev–Trinajstić information content (AvgIpc) is 2.84. The highest BCUT2D eigenvalue weighted by atomic mass is 127. The van der Waals surface area contributed by atoms with E-state index in [1.807, 2.05) is 11.3 Å². The molecule has 0 saturated carbocycles. The minimum Gasteiger partial charge on any atom is -0.357 e. The summed E-state index contributed by atoms with van der Waals surface area (Å²) >= 11 is 1.88. The fraction of sp³-hybridized carbons (Fsp3) is 0.737. The van der Waals surface area contributed by atoms with E-state index in [4.69, 9.17) is 4.99 Å². The van der Waals surface area contributed by atoms with Gasteiger partial charge in [0, 0.05) is 48.4 Å². The molecule has 0 amide bonds. The minimum absolute atomic E-state index is 0. The molecule has 2 heterocycles. The Morgan fingerprint density at radius 3 is 2.77 bits per heavy atom. The van der Waals surface area contributed by atoms with Crippen molar-refractivity contribution in [3.63, 3.8) is 0 Å².